The number of hydrogen-bond acceptors (Lipinski definition) is 1. The van der Waals surface area contributed by atoms with E-state index in [0.717, 1.165) is 12.1 Å². The third kappa shape index (κ3) is 1.52. The summed E-state index contributed by atoms with van der Waals surface area (Å²) in [5.41, 5.74) is 3.69. The zero-order chi connectivity index (χ0) is 10.1. The molecular weight excluding hydrogens is 172 g/mol. The molecule has 0 unspecified atom stereocenters. The van der Waals surface area contributed by atoms with E-state index in [1.54, 1.807) is 0 Å². The maximum Gasteiger partial charge on any atom is 0.0958 e. The zero-order valence-corrected chi connectivity index (χ0v) is 8.99. The van der Waals surface area contributed by atoms with Crippen LogP contribution >= 0.6 is 0 Å². The lowest BCUT2D eigenvalue weighted by molar-refractivity contribution is 0.532. The van der Waals surface area contributed by atoms with Gasteiger partial charge in [0.05, 0.1) is 17.4 Å². The van der Waals surface area contributed by atoms with Gasteiger partial charge in [0.1, 0.15) is 0 Å². The summed E-state index contributed by atoms with van der Waals surface area (Å²) in [5.74, 6) is 0.659. The van der Waals surface area contributed by atoms with Crippen LogP contribution in [0.25, 0.3) is 11.0 Å². The third-order valence-electron chi connectivity index (χ3n) is 2.40. The van der Waals surface area contributed by atoms with E-state index in [2.05, 4.69) is 48.5 Å². The molecule has 0 fully saturated rings. The fourth-order valence-corrected chi connectivity index (χ4v) is 1.84. The first-order valence-corrected chi connectivity index (χ1v) is 5.09. The van der Waals surface area contributed by atoms with Crippen molar-refractivity contribution in [3.05, 3.63) is 30.1 Å². The van der Waals surface area contributed by atoms with Crippen molar-refractivity contribution in [3.8, 4) is 0 Å². The van der Waals surface area contributed by atoms with Crippen molar-refractivity contribution in [2.45, 2.75) is 27.3 Å². The average molecular weight is 188 g/mol. The van der Waals surface area contributed by atoms with Crippen LogP contribution in [-0.4, -0.2) is 9.55 Å². The lowest BCUT2D eigenvalue weighted by atomic mass is 10.2. The van der Waals surface area contributed by atoms with Gasteiger partial charge in [0, 0.05) is 6.54 Å². The third-order valence-corrected chi connectivity index (χ3v) is 2.40. The predicted octanol–water partition coefficient (Wildman–Crippen LogP) is 3.00. The highest BCUT2D eigenvalue weighted by Crippen LogP contribution is 2.17. The van der Waals surface area contributed by atoms with Crippen molar-refractivity contribution >= 4 is 11.0 Å². The van der Waals surface area contributed by atoms with Crippen molar-refractivity contribution < 1.29 is 0 Å². The quantitative estimate of drug-likeness (QED) is 0.708. The second-order valence-electron chi connectivity index (χ2n) is 4.23. The second kappa shape index (κ2) is 3.45. The van der Waals surface area contributed by atoms with Gasteiger partial charge in [-0.25, -0.2) is 4.98 Å². The molecule has 0 saturated heterocycles. The smallest absolute Gasteiger partial charge is 0.0958 e. The Morgan fingerprint density at radius 1 is 1.36 bits per heavy atom. The number of nitrogens with zero attached hydrogens (tertiary/aromatic N) is 2. The Labute approximate surface area is 84.6 Å². The molecule has 0 saturated carbocycles. The average Bonchev–Trinajstić information content (AvgIpc) is 2.49. The Bertz CT molecular complexity index is 441. The van der Waals surface area contributed by atoms with Crippen molar-refractivity contribution in [2.24, 2.45) is 5.92 Å². The van der Waals surface area contributed by atoms with Crippen LogP contribution in [0.15, 0.2) is 24.5 Å². The first-order chi connectivity index (χ1) is 6.68. The highest BCUT2D eigenvalue weighted by molar-refractivity contribution is 5.78. The molecule has 0 N–H and O–H groups in total. The number of aryl methyl sites for hydroxylation is 1. The van der Waals surface area contributed by atoms with Crippen LogP contribution in [0.5, 0.6) is 0 Å². The van der Waals surface area contributed by atoms with Gasteiger partial charge in [0.15, 0.2) is 0 Å². The van der Waals surface area contributed by atoms with Crippen LogP contribution in [0.2, 0.25) is 0 Å². The Morgan fingerprint density at radius 2 is 2.14 bits per heavy atom. The molecule has 0 aliphatic heterocycles. The number of imidazole rings is 1. The Balaban J connectivity index is 2.55. The maximum atomic E-state index is 4.40. The van der Waals surface area contributed by atoms with E-state index in [1.165, 1.54) is 11.1 Å². The van der Waals surface area contributed by atoms with Gasteiger partial charge in [-0.15, -0.1) is 0 Å². The molecule has 0 radical (unpaired) electrons. The van der Waals surface area contributed by atoms with E-state index in [4.69, 9.17) is 0 Å². The minimum absolute atomic E-state index is 0.659. The lowest BCUT2D eigenvalue weighted by Gasteiger charge is -2.08. The molecule has 14 heavy (non-hydrogen) atoms. The van der Waals surface area contributed by atoms with Crippen molar-refractivity contribution in [1.29, 1.82) is 0 Å². The summed E-state index contributed by atoms with van der Waals surface area (Å²) >= 11 is 0. The molecule has 0 atom stereocenters. The fourth-order valence-electron chi connectivity index (χ4n) is 1.84. The number of aromatic nitrogens is 2. The van der Waals surface area contributed by atoms with Crippen LogP contribution in [0.1, 0.15) is 19.4 Å². The molecule has 74 valence electrons. The molecule has 2 aromatic rings. The Kier molecular flexibility index (Phi) is 2.28. The molecule has 0 bridgehead atoms. The van der Waals surface area contributed by atoms with E-state index >= 15 is 0 Å². The molecule has 1 aromatic carbocycles. The first kappa shape index (κ1) is 9.25. The summed E-state index contributed by atoms with van der Waals surface area (Å²) in [6.45, 7) is 7.64. The van der Waals surface area contributed by atoms with Crippen molar-refractivity contribution in [3.63, 3.8) is 0 Å². The fraction of sp³-hybridized carbons (Fsp3) is 0.417. The van der Waals surface area contributed by atoms with Gasteiger partial charge in [-0.05, 0) is 24.5 Å². The molecule has 2 nitrogen and oxygen atoms in total. The minimum atomic E-state index is 0.659. The molecular formula is C12H16N2. The van der Waals surface area contributed by atoms with Gasteiger partial charge in [-0.2, -0.15) is 0 Å². The van der Waals surface area contributed by atoms with Crippen molar-refractivity contribution in [2.75, 3.05) is 0 Å². The van der Waals surface area contributed by atoms with Gasteiger partial charge in [0.2, 0.25) is 0 Å². The van der Waals surface area contributed by atoms with Gasteiger partial charge in [-0.3, -0.25) is 0 Å². The topological polar surface area (TPSA) is 17.8 Å². The van der Waals surface area contributed by atoms with Crippen LogP contribution in [0.3, 0.4) is 0 Å². The van der Waals surface area contributed by atoms with E-state index in [0.29, 0.717) is 5.92 Å². The molecule has 1 aromatic heterocycles. The molecule has 1 heterocycles. The summed E-state index contributed by atoms with van der Waals surface area (Å²) in [6.07, 6.45) is 1.94. The van der Waals surface area contributed by atoms with Gasteiger partial charge >= 0.3 is 0 Å². The van der Waals surface area contributed by atoms with Crippen LogP contribution in [-0.2, 0) is 6.54 Å². The second-order valence-corrected chi connectivity index (χ2v) is 4.23. The van der Waals surface area contributed by atoms with Crippen LogP contribution in [0, 0.1) is 12.8 Å². The van der Waals surface area contributed by atoms with E-state index in [-0.39, 0.29) is 0 Å². The molecule has 0 amide bonds. The number of fused-ring (bicyclic) bond motifs is 1. The van der Waals surface area contributed by atoms with Crippen LogP contribution < -0.4 is 0 Å². The molecule has 0 spiro atoms. The molecule has 0 aliphatic carbocycles. The van der Waals surface area contributed by atoms with Crippen LogP contribution in [0.4, 0.5) is 0 Å². The van der Waals surface area contributed by atoms with Gasteiger partial charge in [0.25, 0.3) is 0 Å². The molecule has 0 aliphatic rings. The lowest BCUT2D eigenvalue weighted by Crippen LogP contribution is -2.03. The number of para-hydroxylation sites is 1. The van der Waals surface area contributed by atoms with E-state index in [9.17, 15) is 0 Å². The van der Waals surface area contributed by atoms with Gasteiger partial charge in [-0.1, -0.05) is 26.0 Å². The summed E-state index contributed by atoms with van der Waals surface area (Å²) in [6, 6.07) is 6.27. The zero-order valence-electron chi connectivity index (χ0n) is 8.99. The minimum Gasteiger partial charge on any atom is -0.330 e. The number of rotatable bonds is 2. The summed E-state index contributed by atoms with van der Waals surface area (Å²) in [4.78, 5) is 4.40. The predicted molar refractivity (Wildman–Crippen MR) is 59.3 cm³/mol. The van der Waals surface area contributed by atoms with E-state index < -0.39 is 0 Å². The normalized spacial score (nSPS) is 11.4. The maximum absolute atomic E-state index is 4.40. The Morgan fingerprint density at radius 3 is 2.86 bits per heavy atom. The molecule has 2 rings (SSSR count). The summed E-state index contributed by atoms with van der Waals surface area (Å²) < 4.78 is 2.25. The number of benzene rings is 1. The number of hydrogen-bond donors (Lipinski definition) is 0. The molecule has 2 heteroatoms. The van der Waals surface area contributed by atoms with Gasteiger partial charge < -0.3 is 4.57 Å². The summed E-state index contributed by atoms with van der Waals surface area (Å²) in [7, 11) is 0. The largest absolute Gasteiger partial charge is 0.330 e. The standard InChI is InChI=1S/C12H16N2/c1-9(2)7-14-8-13-11-6-4-5-10(3)12(11)14/h4-6,8-9H,7H2,1-3H3. The highest BCUT2D eigenvalue weighted by atomic mass is 15.0. The van der Waals surface area contributed by atoms with Crippen molar-refractivity contribution in [1.82, 2.24) is 9.55 Å². The van der Waals surface area contributed by atoms with E-state index in [1.807, 2.05) is 6.33 Å². The first-order valence-electron chi connectivity index (χ1n) is 5.09. The monoisotopic (exact) mass is 188 g/mol. The summed E-state index contributed by atoms with van der Waals surface area (Å²) in [5, 5.41) is 0. The highest BCUT2D eigenvalue weighted by Gasteiger charge is 2.05. The SMILES string of the molecule is Cc1cccc2ncn(CC(C)C)c12. The Hall–Kier alpha value is -1.31.